The molecule has 0 aromatic rings. The Morgan fingerprint density at radius 1 is 1.00 bits per heavy atom. The van der Waals surface area contributed by atoms with Gasteiger partial charge in [-0.05, 0) is 18.9 Å². The fourth-order valence-electron chi connectivity index (χ4n) is 1.57. The van der Waals surface area contributed by atoms with Gasteiger partial charge in [0.2, 0.25) is 0 Å². The van der Waals surface area contributed by atoms with Crippen molar-refractivity contribution >= 4 is 10.4 Å². The topological polar surface area (TPSA) is 66.4 Å². The van der Waals surface area contributed by atoms with Crippen molar-refractivity contribution in [2.45, 2.75) is 64.7 Å². The van der Waals surface area contributed by atoms with E-state index in [0.717, 1.165) is 25.5 Å². The van der Waals surface area contributed by atoms with Gasteiger partial charge in [-0.15, -0.1) is 0 Å². The second-order valence-electron chi connectivity index (χ2n) is 4.14. The fraction of sp³-hybridized carbons (Fsp3) is 0.833. The molecule has 0 bridgehead atoms. The van der Waals surface area contributed by atoms with Gasteiger partial charge in [0.15, 0.2) is 0 Å². The first-order valence-electron chi connectivity index (χ1n) is 6.35. The molecular formula is C12H23LiO4S. The molecule has 4 nitrogen and oxygen atoms in total. The molecule has 0 unspecified atom stereocenters. The monoisotopic (exact) mass is 270 g/mol. The van der Waals surface area contributed by atoms with E-state index in [2.05, 4.69) is 11.1 Å². The van der Waals surface area contributed by atoms with E-state index in [9.17, 15) is 13.0 Å². The molecule has 0 aliphatic rings. The number of hydrogen-bond acceptors (Lipinski definition) is 4. The minimum atomic E-state index is -4.57. The molecule has 0 saturated carbocycles. The molecule has 0 radical (unpaired) electrons. The van der Waals surface area contributed by atoms with Crippen molar-refractivity contribution in [2.24, 2.45) is 0 Å². The van der Waals surface area contributed by atoms with Gasteiger partial charge in [0.05, 0.1) is 0 Å². The Hall–Kier alpha value is 0.0474. The Labute approximate surface area is 123 Å². The maximum atomic E-state index is 10.1. The van der Waals surface area contributed by atoms with Crippen LogP contribution in [0.3, 0.4) is 0 Å². The van der Waals surface area contributed by atoms with Crippen LogP contribution in [0.25, 0.3) is 0 Å². The molecule has 0 saturated heterocycles. The molecule has 6 heteroatoms. The van der Waals surface area contributed by atoms with E-state index in [1.54, 1.807) is 6.08 Å². The van der Waals surface area contributed by atoms with E-state index in [1.807, 2.05) is 0 Å². The first-order chi connectivity index (χ1) is 8.06. The van der Waals surface area contributed by atoms with Crippen molar-refractivity contribution in [1.82, 2.24) is 0 Å². The molecule has 0 amide bonds. The van der Waals surface area contributed by atoms with Crippen LogP contribution in [0.2, 0.25) is 0 Å². The Morgan fingerprint density at radius 2 is 1.50 bits per heavy atom. The minimum absolute atomic E-state index is 0. The quantitative estimate of drug-likeness (QED) is 0.180. The summed E-state index contributed by atoms with van der Waals surface area (Å²) in [7, 11) is -4.57. The summed E-state index contributed by atoms with van der Waals surface area (Å²) in [6.07, 6.45) is 13.2. The molecule has 0 heterocycles. The van der Waals surface area contributed by atoms with Gasteiger partial charge in [0, 0.05) is 0 Å². The molecule has 0 aliphatic carbocycles. The summed E-state index contributed by atoms with van der Waals surface area (Å²) in [4.78, 5) is 0. The van der Waals surface area contributed by atoms with Crippen LogP contribution in [0.5, 0.6) is 0 Å². The van der Waals surface area contributed by atoms with Crippen LogP contribution in [0, 0.1) is 0 Å². The summed E-state index contributed by atoms with van der Waals surface area (Å²) in [5.74, 6) is 0. The van der Waals surface area contributed by atoms with Crippen molar-refractivity contribution in [3.63, 3.8) is 0 Å². The van der Waals surface area contributed by atoms with Crippen LogP contribution >= 0.6 is 0 Å². The molecule has 0 atom stereocenters. The number of rotatable bonds is 11. The van der Waals surface area contributed by atoms with Crippen molar-refractivity contribution in [2.75, 3.05) is 0 Å². The largest absolute Gasteiger partial charge is 1.00 e. The first kappa shape index (κ1) is 20.4. The third kappa shape index (κ3) is 18.4. The van der Waals surface area contributed by atoms with Gasteiger partial charge in [-0.1, -0.05) is 51.9 Å². The standard InChI is InChI=1S/C12H24O4S.Li/c1-2-3-4-5-6-7-8-9-10-11-12-16-17(13,14)15;/h11-12H,2-10H2,1H3,(H,13,14,15);/q;+1/p-1/b12-11+;. The SMILES string of the molecule is CCCCCCCCCC/C=C/OS(=O)(=O)[O-].[Li+]. The Kier molecular flexibility index (Phi) is 15.3. The molecular weight excluding hydrogens is 247 g/mol. The maximum Gasteiger partial charge on any atom is 1.00 e. The molecule has 0 rings (SSSR count). The van der Waals surface area contributed by atoms with E-state index in [1.165, 1.54) is 38.5 Å². The van der Waals surface area contributed by atoms with Crippen molar-refractivity contribution in [1.29, 1.82) is 0 Å². The zero-order valence-corrected chi connectivity index (χ0v) is 12.4. The summed E-state index contributed by atoms with van der Waals surface area (Å²) < 4.78 is 34.1. The van der Waals surface area contributed by atoms with E-state index < -0.39 is 10.4 Å². The molecule has 0 aromatic carbocycles. The maximum absolute atomic E-state index is 10.1. The van der Waals surface area contributed by atoms with Crippen LogP contribution in [-0.4, -0.2) is 13.0 Å². The predicted octanol–water partition coefficient (Wildman–Crippen LogP) is 0.512. The van der Waals surface area contributed by atoms with Crippen LogP contribution in [0.1, 0.15) is 64.7 Å². The molecule has 102 valence electrons. The molecule has 0 spiro atoms. The van der Waals surface area contributed by atoms with Gasteiger partial charge in [-0.25, -0.2) is 8.42 Å². The van der Waals surface area contributed by atoms with Gasteiger partial charge >= 0.3 is 18.9 Å². The van der Waals surface area contributed by atoms with E-state index >= 15 is 0 Å². The first-order valence-corrected chi connectivity index (χ1v) is 7.68. The normalized spacial score (nSPS) is 11.4. The molecule has 0 aliphatic heterocycles. The average Bonchev–Trinajstić information content (AvgIpc) is 2.24. The smallest absolute Gasteiger partial charge is 0.716 e. The minimum Gasteiger partial charge on any atom is -0.716 e. The van der Waals surface area contributed by atoms with E-state index in [-0.39, 0.29) is 18.9 Å². The van der Waals surface area contributed by atoms with Gasteiger partial charge in [0.1, 0.15) is 6.26 Å². The molecule has 0 aromatic heterocycles. The Bertz CT molecular complexity index is 288. The second-order valence-corrected chi connectivity index (χ2v) is 5.15. The summed E-state index contributed by atoms with van der Waals surface area (Å²) in [6, 6.07) is 0. The summed E-state index contributed by atoms with van der Waals surface area (Å²) >= 11 is 0. The Balaban J connectivity index is 0. The van der Waals surface area contributed by atoms with Crippen LogP contribution in [0.4, 0.5) is 0 Å². The third-order valence-electron chi connectivity index (χ3n) is 2.49. The number of allylic oxidation sites excluding steroid dienone is 1. The Morgan fingerprint density at radius 3 is 2.00 bits per heavy atom. The molecule has 0 N–H and O–H groups in total. The third-order valence-corrected chi connectivity index (χ3v) is 2.84. The summed E-state index contributed by atoms with van der Waals surface area (Å²) in [5, 5.41) is 0. The van der Waals surface area contributed by atoms with Gasteiger partial charge < -0.3 is 8.74 Å². The average molecular weight is 270 g/mol. The van der Waals surface area contributed by atoms with Crippen LogP contribution in [-0.2, 0) is 14.6 Å². The zero-order chi connectivity index (χ0) is 13.0. The van der Waals surface area contributed by atoms with Gasteiger partial charge in [0.25, 0.3) is 10.4 Å². The van der Waals surface area contributed by atoms with E-state index in [4.69, 9.17) is 0 Å². The summed E-state index contributed by atoms with van der Waals surface area (Å²) in [6.45, 7) is 2.20. The van der Waals surface area contributed by atoms with Crippen molar-refractivity contribution in [3.05, 3.63) is 12.3 Å². The van der Waals surface area contributed by atoms with Crippen LogP contribution in [0.15, 0.2) is 12.3 Å². The molecule has 18 heavy (non-hydrogen) atoms. The number of unbranched alkanes of at least 4 members (excludes halogenated alkanes) is 8. The predicted molar refractivity (Wildman–Crippen MR) is 67.1 cm³/mol. The van der Waals surface area contributed by atoms with Crippen molar-refractivity contribution in [3.8, 4) is 0 Å². The second kappa shape index (κ2) is 13.5. The van der Waals surface area contributed by atoms with Gasteiger partial charge in [-0.3, -0.25) is 0 Å². The fourth-order valence-corrected chi connectivity index (χ4v) is 1.79. The zero-order valence-electron chi connectivity index (χ0n) is 11.6. The van der Waals surface area contributed by atoms with Crippen LogP contribution < -0.4 is 18.9 Å². The number of hydrogen-bond donors (Lipinski definition) is 0. The van der Waals surface area contributed by atoms with Crippen molar-refractivity contribution < 1.29 is 36.0 Å². The summed E-state index contributed by atoms with van der Waals surface area (Å²) in [5.41, 5.74) is 0. The molecule has 0 fully saturated rings. The van der Waals surface area contributed by atoms with Gasteiger partial charge in [-0.2, -0.15) is 0 Å². The van der Waals surface area contributed by atoms with E-state index in [0.29, 0.717) is 0 Å².